The quantitative estimate of drug-likeness (QED) is 0.531. The standard InChI is InChI=1S/C25H28F2N4O3/c26-19-12-21-22(13-20(19)27)30-25(29-21)16-3-6-23(28-14-16)31-9-7-18(8-10-31)34-17-4-1-15(2-5-17)11-24(32)33/h3,6,12-15,17-18H,1-2,4-5,7-11H2,(H,29,30)(H,32,33)/t15-,17+. The number of carboxylic acid groups (broad SMARTS) is 1. The molecule has 0 unspecified atom stereocenters. The number of ether oxygens (including phenoxy) is 1. The first kappa shape index (κ1) is 22.7. The number of hydrogen-bond acceptors (Lipinski definition) is 5. The number of anilines is 1. The number of piperidine rings is 1. The van der Waals surface area contributed by atoms with E-state index in [1.54, 1.807) is 6.20 Å². The Morgan fingerprint density at radius 2 is 1.76 bits per heavy atom. The Morgan fingerprint density at radius 1 is 1.06 bits per heavy atom. The van der Waals surface area contributed by atoms with E-state index >= 15 is 0 Å². The molecule has 3 heterocycles. The van der Waals surface area contributed by atoms with Gasteiger partial charge in [0.1, 0.15) is 11.6 Å². The van der Waals surface area contributed by atoms with Gasteiger partial charge in [0.15, 0.2) is 11.6 Å². The van der Waals surface area contributed by atoms with Crippen LogP contribution in [0.15, 0.2) is 30.5 Å². The molecule has 0 spiro atoms. The van der Waals surface area contributed by atoms with E-state index in [-0.39, 0.29) is 24.5 Å². The maximum absolute atomic E-state index is 13.5. The number of fused-ring (bicyclic) bond motifs is 1. The van der Waals surface area contributed by atoms with Crippen molar-refractivity contribution in [1.82, 2.24) is 15.0 Å². The largest absolute Gasteiger partial charge is 0.481 e. The zero-order valence-electron chi connectivity index (χ0n) is 18.8. The van der Waals surface area contributed by atoms with Crippen molar-refractivity contribution in [3.63, 3.8) is 0 Å². The Hall–Kier alpha value is -3.07. The lowest BCUT2D eigenvalue weighted by Crippen LogP contribution is -2.39. The van der Waals surface area contributed by atoms with Gasteiger partial charge in [0.05, 0.1) is 23.2 Å². The van der Waals surface area contributed by atoms with E-state index in [0.29, 0.717) is 16.9 Å². The first-order valence-corrected chi connectivity index (χ1v) is 11.9. The number of nitrogens with zero attached hydrogens (tertiary/aromatic N) is 3. The van der Waals surface area contributed by atoms with Crippen LogP contribution >= 0.6 is 0 Å². The topological polar surface area (TPSA) is 91.3 Å². The average molecular weight is 471 g/mol. The predicted molar refractivity (Wildman–Crippen MR) is 124 cm³/mol. The van der Waals surface area contributed by atoms with Gasteiger partial charge < -0.3 is 19.7 Å². The summed E-state index contributed by atoms with van der Waals surface area (Å²) in [5.41, 5.74) is 1.56. The van der Waals surface area contributed by atoms with E-state index in [1.165, 1.54) is 0 Å². The maximum atomic E-state index is 13.5. The number of H-pyrrole nitrogens is 1. The van der Waals surface area contributed by atoms with Gasteiger partial charge in [-0.3, -0.25) is 4.79 Å². The molecular formula is C25H28F2N4O3. The number of nitrogens with one attached hydrogen (secondary N) is 1. The average Bonchev–Trinajstić information content (AvgIpc) is 3.23. The van der Waals surface area contributed by atoms with Gasteiger partial charge >= 0.3 is 5.97 Å². The molecule has 1 saturated heterocycles. The Labute approximate surface area is 196 Å². The molecule has 0 amide bonds. The number of rotatable bonds is 6. The summed E-state index contributed by atoms with van der Waals surface area (Å²) in [6, 6.07) is 6.04. The van der Waals surface area contributed by atoms with Crippen LogP contribution in [0.4, 0.5) is 14.6 Å². The molecule has 5 rings (SSSR count). The molecule has 1 aliphatic carbocycles. The summed E-state index contributed by atoms with van der Waals surface area (Å²) in [6.45, 7) is 1.71. The van der Waals surface area contributed by atoms with Crippen LogP contribution in [0.3, 0.4) is 0 Å². The number of aromatic nitrogens is 3. The highest BCUT2D eigenvalue weighted by Gasteiger charge is 2.28. The van der Waals surface area contributed by atoms with Crippen LogP contribution < -0.4 is 4.90 Å². The van der Waals surface area contributed by atoms with Crippen LogP contribution in [0, 0.1) is 17.6 Å². The van der Waals surface area contributed by atoms with Gasteiger partial charge in [-0.2, -0.15) is 0 Å². The number of halogens is 2. The molecule has 0 atom stereocenters. The molecule has 7 nitrogen and oxygen atoms in total. The molecule has 0 radical (unpaired) electrons. The van der Waals surface area contributed by atoms with Crippen LogP contribution in [-0.4, -0.2) is 51.3 Å². The lowest BCUT2D eigenvalue weighted by Gasteiger charge is -2.36. The monoisotopic (exact) mass is 470 g/mol. The Morgan fingerprint density at radius 3 is 2.44 bits per heavy atom. The molecule has 180 valence electrons. The number of hydrogen-bond donors (Lipinski definition) is 2. The lowest BCUT2D eigenvalue weighted by molar-refractivity contribution is -0.138. The van der Waals surface area contributed by atoms with E-state index in [1.807, 2.05) is 12.1 Å². The van der Waals surface area contributed by atoms with Crippen LogP contribution in [0.5, 0.6) is 0 Å². The number of carboxylic acids is 1. The minimum absolute atomic E-state index is 0.230. The summed E-state index contributed by atoms with van der Waals surface area (Å²) in [5, 5.41) is 8.96. The van der Waals surface area contributed by atoms with E-state index in [2.05, 4.69) is 19.9 Å². The van der Waals surface area contributed by atoms with Crippen molar-refractivity contribution in [3.8, 4) is 11.4 Å². The third-order valence-corrected chi connectivity index (χ3v) is 6.95. The third kappa shape index (κ3) is 5.04. The predicted octanol–water partition coefficient (Wildman–Crippen LogP) is 4.92. The van der Waals surface area contributed by atoms with Gasteiger partial charge in [-0.15, -0.1) is 0 Å². The molecule has 2 N–H and O–H groups in total. The summed E-state index contributed by atoms with van der Waals surface area (Å²) < 4.78 is 33.3. The minimum atomic E-state index is -0.919. The van der Waals surface area contributed by atoms with Crippen molar-refractivity contribution in [2.24, 2.45) is 5.92 Å². The Kier molecular flexibility index (Phi) is 6.45. The summed E-state index contributed by atoms with van der Waals surface area (Å²) in [5.74, 6) is -0.850. The van der Waals surface area contributed by atoms with Crippen molar-refractivity contribution in [2.45, 2.75) is 57.2 Å². The van der Waals surface area contributed by atoms with Gasteiger partial charge in [-0.25, -0.2) is 18.7 Å². The second-order valence-corrected chi connectivity index (χ2v) is 9.34. The van der Waals surface area contributed by atoms with Crippen LogP contribution in [0.25, 0.3) is 22.4 Å². The van der Waals surface area contributed by atoms with Gasteiger partial charge in [0.2, 0.25) is 0 Å². The molecular weight excluding hydrogens is 442 g/mol. The SMILES string of the molecule is O=C(O)C[C@H]1CC[C@@H](OC2CCN(c3ccc(-c4nc5cc(F)c(F)cc5[nH]4)cn3)CC2)CC1. The fourth-order valence-corrected chi connectivity index (χ4v) is 5.07. The molecule has 3 aromatic rings. The number of carbonyl (C=O) groups is 1. The van der Waals surface area contributed by atoms with Gasteiger partial charge in [0.25, 0.3) is 0 Å². The Balaban J connectivity index is 1.14. The third-order valence-electron chi connectivity index (χ3n) is 6.95. The van der Waals surface area contributed by atoms with E-state index in [0.717, 1.165) is 75.1 Å². The lowest BCUT2D eigenvalue weighted by atomic mass is 9.85. The highest BCUT2D eigenvalue weighted by molar-refractivity contribution is 5.79. The number of aromatic amines is 1. The zero-order chi connectivity index (χ0) is 23.7. The molecule has 2 aromatic heterocycles. The molecule has 2 aliphatic rings. The van der Waals surface area contributed by atoms with E-state index in [9.17, 15) is 13.6 Å². The van der Waals surface area contributed by atoms with Crippen molar-refractivity contribution >= 4 is 22.8 Å². The minimum Gasteiger partial charge on any atom is -0.481 e. The number of imidazole rings is 1. The first-order chi connectivity index (χ1) is 16.4. The molecule has 1 saturated carbocycles. The molecule has 2 fully saturated rings. The first-order valence-electron chi connectivity index (χ1n) is 11.9. The fraction of sp³-hybridized carbons (Fsp3) is 0.480. The molecule has 9 heteroatoms. The summed E-state index contributed by atoms with van der Waals surface area (Å²) in [4.78, 5) is 25.1. The van der Waals surface area contributed by atoms with Crippen molar-refractivity contribution in [3.05, 3.63) is 42.1 Å². The molecule has 34 heavy (non-hydrogen) atoms. The maximum Gasteiger partial charge on any atom is 0.303 e. The van der Waals surface area contributed by atoms with E-state index < -0.39 is 17.6 Å². The second-order valence-electron chi connectivity index (χ2n) is 9.34. The summed E-state index contributed by atoms with van der Waals surface area (Å²) in [7, 11) is 0. The van der Waals surface area contributed by atoms with Crippen LogP contribution in [0.2, 0.25) is 0 Å². The van der Waals surface area contributed by atoms with Gasteiger partial charge in [-0.05, 0) is 56.6 Å². The fourth-order valence-electron chi connectivity index (χ4n) is 5.07. The number of pyridine rings is 1. The van der Waals surface area contributed by atoms with Gasteiger partial charge in [-0.1, -0.05) is 0 Å². The van der Waals surface area contributed by atoms with Crippen molar-refractivity contribution in [2.75, 3.05) is 18.0 Å². The Bertz CT molecular complexity index is 1110. The number of benzene rings is 1. The smallest absolute Gasteiger partial charge is 0.303 e. The van der Waals surface area contributed by atoms with Crippen LogP contribution in [-0.2, 0) is 9.53 Å². The van der Waals surface area contributed by atoms with Crippen LogP contribution in [0.1, 0.15) is 44.9 Å². The van der Waals surface area contributed by atoms with E-state index in [4.69, 9.17) is 9.84 Å². The number of aliphatic carboxylic acids is 1. The summed E-state index contributed by atoms with van der Waals surface area (Å²) >= 11 is 0. The highest BCUT2D eigenvalue weighted by Crippen LogP contribution is 2.31. The molecule has 1 aliphatic heterocycles. The normalized spacial score (nSPS) is 21.8. The second kappa shape index (κ2) is 9.66. The van der Waals surface area contributed by atoms with Crippen molar-refractivity contribution < 1.29 is 23.4 Å². The van der Waals surface area contributed by atoms with Crippen molar-refractivity contribution in [1.29, 1.82) is 0 Å². The molecule has 1 aromatic carbocycles. The highest BCUT2D eigenvalue weighted by atomic mass is 19.2. The summed E-state index contributed by atoms with van der Waals surface area (Å²) in [6.07, 6.45) is 8.07. The molecule has 0 bridgehead atoms. The van der Waals surface area contributed by atoms with Gasteiger partial charge in [0, 0.05) is 43.4 Å². The zero-order valence-corrected chi connectivity index (χ0v) is 18.8.